The van der Waals surface area contributed by atoms with Crippen molar-refractivity contribution in [1.82, 2.24) is 0 Å². The Labute approximate surface area is 267 Å². The van der Waals surface area contributed by atoms with Crippen LogP contribution in [0.2, 0.25) is 0 Å². The molecule has 8 N–H and O–H groups in total. The molecular weight excluding hydrogens is 677 g/mol. The van der Waals surface area contributed by atoms with Crippen LogP contribution >= 0.6 is 0 Å². The van der Waals surface area contributed by atoms with E-state index in [2.05, 4.69) is 20.5 Å². The molecule has 47 heavy (non-hydrogen) atoms. The monoisotopic (exact) mass is 700 g/mol. The Morgan fingerprint density at radius 3 is 1.89 bits per heavy atom. The molecule has 0 spiro atoms. The summed E-state index contributed by atoms with van der Waals surface area (Å²) in [6, 6.07) is 13.0. The van der Waals surface area contributed by atoms with Gasteiger partial charge in [-0.2, -0.15) is 25.3 Å². The molecule has 5 aromatic carbocycles. The second-order valence-electron chi connectivity index (χ2n) is 10.3. The lowest BCUT2D eigenvalue weighted by Crippen LogP contribution is -2.01. The van der Waals surface area contributed by atoms with Crippen LogP contribution < -0.4 is 11.5 Å². The van der Waals surface area contributed by atoms with Crippen LogP contribution in [0.4, 0.5) is 34.1 Å². The summed E-state index contributed by atoms with van der Waals surface area (Å²) in [5.74, 6) is -0.916. The van der Waals surface area contributed by atoms with Crippen LogP contribution in [0.25, 0.3) is 21.5 Å². The smallest absolute Gasteiger partial charge is 0.297 e. The van der Waals surface area contributed by atoms with E-state index < -0.39 is 62.2 Å². The third-order valence-corrected chi connectivity index (χ3v) is 9.77. The van der Waals surface area contributed by atoms with E-state index in [9.17, 15) is 44.0 Å². The number of nitrogens with two attached hydrogens (primary N) is 2. The van der Waals surface area contributed by atoms with E-state index in [1.165, 1.54) is 37.3 Å². The number of benzene rings is 5. The third kappa shape index (κ3) is 6.35. The molecule has 0 aromatic heterocycles. The fraction of sp³-hybridized carbons (Fsp3) is 0.0714. The molecule has 0 fully saturated rings. The van der Waals surface area contributed by atoms with E-state index in [4.69, 9.17) is 11.5 Å². The number of phenols is 1. The normalized spacial score (nSPS) is 13.0. The molecule has 0 heterocycles. The maximum atomic E-state index is 12.4. The number of phenolic OH excluding ortho intramolecular Hbond substituents is 1. The van der Waals surface area contributed by atoms with Gasteiger partial charge in [-0.25, -0.2) is 0 Å². The van der Waals surface area contributed by atoms with Gasteiger partial charge in [0.2, 0.25) is 0 Å². The number of nitrogens with zero attached hydrogens (tertiary/aromatic N) is 4. The number of aromatic hydroxyl groups is 1. The minimum atomic E-state index is -5.09. The largest absolute Gasteiger partial charge is 0.505 e. The van der Waals surface area contributed by atoms with Gasteiger partial charge in [0.15, 0.2) is 5.75 Å². The van der Waals surface area contributed by atoms with Crippen molar-refractivity contribution in [2.75, 3.05) is 11.5 Å². The van der Waals surface area contributed by atoms with E-state index >= 15 is 0 Å². The Bertz CT molecular complexity index is 2550. The molecule has 0 unspecified atom stereocenters. The van der Waals surface area contributed by atoms with Crippen LogP contribution in [-0.4, -0.2) is 44.0 Å². The highest BCUT2D eigenvalue weighted by Gasteiger charge is 2.26. The Morgan fingerprint density at radius 1 is 0.617 bits per heavy atom. The molecule has 0 aliphatic rings. The van der Waals surface area contributed by atoms with Gasteiger partial charge in [0, 0.05) is 11.1 Å². The maximum absolute atomic E-state index is 12.4. The van der Waals surface area contributed by atoms with Gasteiger partial charge in [0.1, 0.15) is 37.4 Å². The molecule has 0 saturated heterocycles. The second kappa shape index (κ2) is 11.6. The van der Waals surface area contributed by atoms with Crippen molar-refractivity contribution < 1.29 is 44.0 Å². The summed E-state index contributed by atoms with van der Waals surface area (Å²) in [5.41, 5.74) is 11.1. The fourth-order valence-corrected chi connectivity index (χ4v) is 7.06. The number of anilines is 2. The number of aryl methyl sites for hydroxylation is 2. The zero-order valence-corrected chi connectivity index (χ0v) is 26.6. The first-order chi connectivity index (χ1) is 21.8. The van der Waals surface area contributed by atoms with Gasteiger partial charge in [-0.05, 0) is 72.1 Å². The number of fused-ring (bicyclic) bond motifs is 2. The molecule has 0 aliphatic heterocycles. The predicted molar refractivity (Wildman–Crippen MR) is 172 cm³/mol. The van der Waals surface area contributed by atoms with Crippen molar-refractivity contribution in [2.24, 2.45) is 20.5 Å². The molecule has 5 aromatic rings. The highest BCUT2D eigenvalue weighted by atomic mass is 32.2. The molecule has 244 valence electrons. The number of hydrogen-bond acceptors (Lipinski definition) is 13. The summed E-state index contributed by atoms with van der Waals surface area (Å²) in [4.78, 5) is -2.16. The summed E-state index contributed by atoms with van der Waals surface area (Å²) in [7, 11) is -14.7. The highest BCUT2D eigenvalue weighted by molar-refractivity contribution is 7.86. The van der Waals surface area contributed by atoms with Gasteiger partial charge in [0.25, 0.3) is 30.4 Å². The van der Waals surface area contributed by atoms with Crippen LogP contribution in [0.15, 0.2) is 95.8 Å². The lowest BCUT2D eigenvalue weighted by atomic mass is 10.0. The minimum absolute atomic E-state index is 0.00888. The number of hydrogen-bond donors (Lipinski definition) is 6. The Kier molecular flexibility index (Phi) is 8.25. The van der Waals surface area contributed by atoms with E-state index in [0.717, 1.165) is 18.2 Å². The van der Waals surface area contributed by atoms with Crippen molar-refractivity contribution in [3.63, 3.8) is 0 Å². The molecule has 0 amide bonds. The van der Waals surface area contributed by atoms with Crippen LogP contribution in [0.5, 0.6) is 5.75 Å². The molecule has 19 heteroatoms. The van der Waals surface area contributed by atoms with Gasteiger partial charge >= 0.3 is 0 Å². The number of rotatable bonds is 7. The summed E-state index contributed by atoms with van der Waals surface area (Å²) >= 11 is 0. The first-order valence-corrected chi connectivity index (χ1v) is 17.4. The standard InChI is InChI=1S/C28H24N6O10S3/c1-13-4-3-5-18-17(13)7-8-19(28(18)47(42,43)44)31-34-26-22(46(39,40)41)11-15-10-14(2)25(24(30)23(15)27(26)35)33-32-20-12-16(29)6-9-21(20)45(36,37)38/h3-12,35H,29-30H2,1-2H3,(H,36,37,38)(H,39,40,41)(H,42,43,44). The molecule has 0 atom stereocenters. The lowest BCUT2D eigenvalue weighted by molar-refractivity contribution is 0.472. The van der Waals surface area contributed by atoms with Crippen molar-refractivity contribution >= 4 is 86.0 Å². The molecule has 0 aliphatic carbocycles. The third-order valence-electron chi connectivity index (χ3n) is 7.06. The maximum Gasteiger partial charge on any atom is 0.297 e. The van der Waals surface area contributed by atoms with E-state index in [0.29, 0.717) is 10.9 Å². The molecule has 0 radical (unpaired) electrons. The van der Waals surface area contributed by atoms with Crippen LogP contribution in [0.1, 0.15) is 11.1 Å². The molecule has 16 nitrogen and oxygen atoms in total. The summed E-state index contributed by atoms with van der Waals surface area (Å²) in [5, 5.41) is 27.1. The van der Waals surface area contributed by atoms with Crippen LogP contribution in [-0.2, 0) is 30.4 Å². The topological polar surface area (TPSA) is 285 Å². The van der Waals surface area contributed by atoms with Gasteiger partial charge in [-0.1, -0.05) is 24.3 Å². The van der Waals surface area contributed by atoms with E-state index in [-0.39, 0.29) is 44.5 Å². The van der Waals surface area contributed by atoms with Crippen molar-refractivity contribution in [1.29, 1.82) is 0 Å². The summed E-state index contributed by atoms with van der Waals surface area (Å²) in [6.07, 6.45) is 0. The van der Waals surface area contributed by atoms with E-state index in [1.807, 2.05) is 0 Å². The quantitative estimate of drug-likeness (QED) is 0.0642. The highest BCUT2D eigenvalue weighted by Crippen LogP contribution is 2.48. The first kappa shape index (κ1) is 33.3. The first-order valence-electron chi connectivity index (χ1n) is 13.1. The Balaban J connectivity index is 1.75. The Morgan fingerprint density at radius 2 is 1.26 bits per heavy atom. The average molecular weight is 701 g/mol. The lowest BCUT2D eigenvalue weighted by Gasteiger charge is -2.14. The number of nitrogen functional groups attached to an aromatic ring is 2. The SMILES string of the molecule is Cc1cc2cc(S(=O)(=O)O)c(N=Nc3ccc4c(C)cccc4c3S(=O)(=O)O)c(O)c2c(N)c1N=Nc1cc(N)ccc1S(=O)(=O)O. The van der Waals surface area contributed by atoms with E-state index in [1.54, 1.807) is 19.1 Å². The van der Waals surface area contributed by atoms with Gasteiger partial charge in [-0.3, -0.25) is 13.7 Å². The fourth-order valence-electron chi connectivity index (χ4n) is 4.97. The predicted octanol–water partition coefficient (Wildman–Crippen LogP) is 6.05. The molecule has 5 rings (SSSR count). The van der Waals surface area contributed by atoms with Gasteiger partial charge in [0.05, 0.1) is 11.1 Å². The van der Waals surface area contributed by atoms with Gasteiger partial charge < -0.3 is 16.6 Å². The number of azo groups is 2. The van der Waals surface area contributed by atoms with Crippen molar-refractivity contribution in [2.45, 2.75) is 28.5 Å². The van der Waals surface area contributed by atoms with Gasteiger partial charge in [-0.15, -0.1) is 20.5 Å². The summed E-state index contributed by atoms with van der Waals surface area (Å²) < 4.78 is 103. The zero-order chi connectivity index (χ0) is 34.6. The average Bonchev–Trinajstić information content (AvgIpc) is 2.94. The molecule has 0 saturated carbocycles. The van der Waals surface area contributed by atoms with Crippen molar-refractivity contribution in [3.8, 4) is 5.75 Å². The molecule has 0 bridgehead atoms. The van der Waals surface area contributed by atoms with Crippen LogP contribution in [0.3, 0.4) is 0 Å². The molecular formula is C28H24N6O10S3. The second-order valence-corrected chi connectivity index (χ2v) is 14.4. The van der Waals surface area contributed by atoms with Crippen molar-refractivity contribution in [3.05, 3.63) is 71.8 Å². The van der Waals surface area contributed by atoms with Crippen LogP contribution in [0, 0.1) is 13.8 Å². The zero-order valence-electron chi connectivity index (χ0n) is 24.2. The Hall–Kier alpha value is -5.05. The summed E-state index contributed by atoms with van der Waals surface area (Å²) in [6.45, 7) is 3.20. The minimum Gasteiger partial charge on any atom is -0.505 e.